The number of hydrogen-bond donors (Lipinski definition) is 1. The van der Waals surface area contributed by atoms with Crippen molar-refractivity contribution >= 4 is 17.2 Å². The van der Waals surface area contributed by atoms with E-state index in [1.165, 1.54) is 16.9 Å². The fraction of sp³-hybridized carbons (Fsp3) is 0. The topological polar surface area (TPSA) is 68.0 Å². The molecular formula is C10H8N6. The Balaban J connectivity index is 2.00. The summed E-state index contributed by atoms with van der Waals surface area (Å²) >= 11 is 0. The minimum atomic E-state index is 0.164. The van der Waals surface area contributed by atoms with Gasteiger partial charge in [0.2, 0.25) is 5.95 Å². The Bertz CT molecular complexity index is 664. The van der Waals surface area contributed by atoms with E-state index in [1.54, 1.807) is 12.4 Å². The van der Waals surface area contributed by atoms with Gasteiger partial charge in [0.25, 0.3) is 0 Å². The Morgan fingerprint density at radius 1 is 1.19 bits per heavy atom. The van der Waals surface area contributed by atoms with Gasteiger partial charge in [-0.25, -0.2) is 9.97 Å². The number of hydrogen-bond acceptors (Lipinski definition) is 5. The van der Waals surface area contributed by atoms with E-state index in [1.807, 2.05) is 12.1 Å². The molecule has 0 aliphatic carbocycles. The zero-order chi connectivity index (χ0) is 11.7. The summed E-state index contributed by atoms with van der Waals surface area (Å²) < 4.78 is 8.91. The van der Waals surface area contributed by atoms with Gasteiger partial charge < -0.3 is 5.32 Å². The molecule has 0 fully saturated rings. The van der Waals surface area contributed by atoms with Crippen LogP contribution in [-0.2, 0) is 0 Å². The van der Waals surface area contributed by atoms with Crippen molar-refractivity contribution in [1.29, 1.82) is 0 Å². The molecule has 3 aromatic heterocycles. The van der Waals surface area contributed by atoms with E-state index in [4.69, 9.17) is 1.37 Å². The van der Waals surface area contributed by atoms with Crippen LogP contribution in [0.1, 0.15) is 1.37 Å². The lowest BCUT2D eigenvalue weighted by Gasteiger charge is -2.00. The maximum atomic E-state index is 7.40. The number of anilines is 2. The maximum absolute atomic E-state index is 7.40. The molecule has 0 saturated carbocycles. The highest BCUT2D eigenvalue weighted by atomic mass is 15.4. The quantitative estimate of drug-likeness (QED) is 0.694. The van der Waals surface area contributed by atoms with Crippen molar-refractivity contribution in [2.75, 3.05) is 5.32 Å². The molecule has 78 valence electrons. The zero-order valence-electron chi connectivity index (χ0n) is 9.20. The average molecular weight is 213 g/mol. The molecule has 0 spiro atoms. The molecule has 0 radical (unpaired) electrons. The Hall–Kier alpha value is -2.50. The lowest BCUT2D eigenvalue weighted by molar-refractivity contribution is 0.800. The van der Waals surface area contributed by atoms with Crippen molar-refractivity contribution in [3.05, 3.63) is 43.0 Å². The van der Waals surface area contributed by atoms with E-state index in [2.05, 4.69) is 25.5 Å². The summed E-state index contributed by atoms with van der Waals surface area (Å²) in [5, 5.41) is 11.1. The predicted molar refractivity (Wildman–Crippen MR) is 58.3 cm³/mol. The molecule has 0 aliphatic heterocycles. The van der Waals surface area contributed by atoms with E-state index >= 15 is 0 Å². The third-order valence-corrected chi connectivity index (χ3v) is 2.07. The SMILES string of the molecule is [2H]c1ccnc(Nc2cnn3ncccc23)n1. The Kier molecular flexibility index (Phi) is 1.73. The third-order valence-electron chi connectivity index (χ3n) is 2.07. The molecule has 0 aliphatic rings. The molecule has 3 aromatic rings. The Labute approximate surface area is 92.4 Å². The van der Waals surface area contributed by atoms with Gasteiger partial charge in [0, 0.05) is 18.6 Å². The summed E-state index contributed by atoms with van der Waals surface area (Å²) in [6, 6.07) is 5.22. The van der Waals surface area contributed by atoms with Crippen LogP contribution in [0.25, 0.3) is 5.52 Å². The van der Waals surface area contributed by atoms with Gasteiger partial charge in [-0.1, -0.05) is 0 Å². The highest BCUT2D eigenvalue weighted by molar-refractivity contribution is 5.73. The second-order valence-electron chi connectivity index (χ2n) is 3.09. The zero-order valence-corrected chi connectivity index (χ0v) is 8.20. The molecule has 0 unspecified atom stereocenters. The van der Waals surface area contributed by atoms with Gasteiger partial charge in [0.1, 0.15) is 5.52 Å². The van der Waals surface area contributed by atoms with Crippen LogP contribution < -0.4 is 5.32 Å². The van der Waals surface area contributed by atoms with Crippen LogP contribution >= 0.6 is 0 Å². The first-order valence-electron chi connectivity index (χ1n) is 5.19. The second-order valence-corrected chi connectivity index (χ2v) is 3.09. The molecule has 1 N–H and O–H groups in total. The number of rotatable bonds is 2. The first-order valence-corrected chi connectivity index (χ1v) is 4.69. The van der Waals surface area contributed by atoms with Gasteiger partial charge in [0.15, 0.2) is 0 Å². The largest absolute Gasteiger partial charge is 0.321 e. The Morgan fingerprint density at radius 3 is 3.12 bits per heavy atom. The molecule has 6 heteroatoms. The lowest BCUT2D eigenvalue weighted by Crippen LogP contribution is -1.96. The smallest absolute Gasteiger partial charge is 0.227 e. The van der Waals surface area contributed by atoms with Crippen LogP contribution in [0.2, 0.25) is 0 Å². The summed E-state index contributed by atoms with van der Waals surface area (Å²) in [5.41, 5.74) is 1.58. The van der Waals surface area contributed by atoms with Crippen molar-refractivity contribution in [1.82, 2.24) is 24.8 Å². The molecule has 6 nitrogen and oxygen atoms in total. The number of nitrogens with zero attached hydrogens (tertiary/aromatic N) is 5. The fourth-order valence-corrected chi connectivity index (χ4v) is 1.38. The maximum Gasteiger partial charge on any atom is 0.227 e. The molecule has 0 bridgehead atoms. The van der Waals surface area contributed by atoms with Gasteiger partial charge in [-0.2, -0.15) is 10.2 Å². The normalized spacial score (nSPS) is 11.4. The predicted octanol–water partition coefficient (Wildman–Crippen LogP) is 1.26. The number of fused-ring (bicyclic) bond motifs is 1. The minimum Gasteiger partial charge on any atom is -0.321 e. The van der Waals surface area contributed by atoms with Crippen molar-refractivity contribution < 1.29 is 1.37 Å². The van der Waals surface area contributed by atoms with Crippen LogP contribution in [0.4, 0.5) is 11.6 Å². The number of nitrogens with one attached hydrogen (secondary N) is 1. The lowest BCUT2D eigenvalue weighted by atomic mass is 10.4. The molecule has 0 saturated heterocycles. The molecular weight excluding hydrogens is 204 g/mol. The molecule has 0 amide bonds. The second kappa shape index (κ2) is 3.58. The summed E-state index contributed by atoms with van der Waals surface area (Å²) in [7, 11) is 0. The van der Waals surface area contributed by atoms with Crippen molar-refractivity contribution in [3.63, 3.8) is 0 Å². The van der Waals surface area contributed by atoms with E-state index in [-0.39, 0.29) is 6.17 Å². The highest BCUT2D eigenvalue weighted by Crippen LogP contribution is 2.17. The van der Waals surface area contributed by atoms with Gasteiger partial charge in [0.05, 0.1) is 13.3 Å². The van der Waals surface area contributed by atoms with E-state index < -0.39 is 0 Å². The van der Waals surface area contributed by atoms with Crippen LogP contribution in [0.15, 0.2) is 43.0 Å². The van der Waals surface area contributed by atoms with E-state index in [9.17, 15) is 0 Å². The van der Waals surface area contributed by atoms with Gasteiger partial charge in [-0.05, 0) is 18.2 Å². The monoisotopic (exact) mass is 213 g/mol. The van der Waals surface area contributed by atoms with E-state index in [0.29, 0.717) is 5.95 Å². The standard InChI is InChI=1S/C10H8N6/c1-3-9-8(7-14-16(9)13-6-1)15-10-11-4-2-5-12-10/h1-7H,(H,11,12,15)/i4D. The minimum absolute atomic E-state index is 0.164. The molecule has 0 atom stereocenters. The van der Waals surface area contributed by atoms with Crippen molar-refractivity contribution in [2.45, 2.75) is 0 Å². The van der Waals surface area contributed by atoms with Gasteiger partial charge >= 0.3 is 0 Å². The molecule has 3 heterocycles. The highest BCUT2D eigenvalue weighted by Gasteiger charge is 2.04. The van der Waals surface area contributed by atoms with Crippen LogP contribution in [-0.4, -0.2) is 24.8 Å². The molecule has 0 aromatic carbocycles. The first-order chi connectivity index (χ1) is 8.33. The Morgan fingerprint density at radius 2 is 2.19 bits per heavy atom. The molecule has 3 rings (SSSR count). The summed E-state index contributed by atoms with van der Waals surface area (Å²) in [5.74, 6) is 0.372. The average Bonchev–Trinajstić information content (AvgIpc) is 2.73. The van der Waals surface area contributed by atoms with Crippen LogP contribution in [0.3, 0.4) is 0 Å². The number of aromatic nitrogens is 5. The van der Waals surface area contributed by atoms with Gasteiger partial charge in [-0.3, -0.25) is 0 Å². The molecule has 16 heavy (non-hydrogen) atoms. The summed E-state index contributed by atoms with van der Waals surface area (Å²) in [4.78, 5) is 7.96. The van der Waals surface area contributed by atoms with Gasteiger partial charge in [-0.15, -0.1) is 4.63 Å². The van der Waals surface area contributed by atoms with Crippen LogP contribution in [0, 0.1) is 0 Å². The summed E-state index contributed by atoms with van der Waals surface area (Å²) in [6.45, 7) is 0. The van der Waals surface area contributed by atoms with Crippen molar-refractivity contribution in [2.24, 2.45) is 0 Å². The first kappa shape index (κ1) is 7.75. The summed E-state index contributed by atoms with van der Waals surface area (Å²) in [6.07, 6.45) is 4.99. The van der Waals surface area contributed by atoms with Crippen molar-refractivity contribution in [3.8, 4) is 0 Å². The van der Waals surface area contributed by atoms with Crippen LogP contribution in [0.5, 0.6) is 0 Å². The fourth-order valence-electron chi connectivity index (χ4n) is 1.38. The van der Waals surface area contributed by atoms with E-state index in [0.717, 1.165) is 11.2 Å². The third kappa shape index (κ3) is 1.46.